The molecule has 0 aromatic heterocycles. The SMILES string of the molecule is CC(C)N(CCO)C(=O)c1cc(I)cc(I)c1I. The fourth-order valence-electron chi connectivity index (χ4n) is 1.57. The van der Waals surface area contributed by atoms with Crippen molar-refractivity contribution in [1.82, 2.24) is 4.90 Å². The Balaban J connectivity index is 3.16. The van der Waals surface area contributed by atoms with Gasteiger partial charge in [0.15, 0.2) is 0 Å². The lowest BCUT2D eigenvalue weighted by atomic mass is 10.1. The molecular formula is C12H14I3NO2. The van der Waals surface area contributed by atoms with Gasteiger partial charge in [-0.25, -0.2) is 0 Å². The van der Waals surface area contributed by atoms with Crippen LogP contribution in [-0.4, -0.2) is 35.1 Å². The van der Waals surface area contributed by atoms with E-state index < -0.39 is 0 Å². The van der Waals surface area contributed by atoms with E-state index in [2.05, 4.69) is 67.8 Å². The van der Waals surface area contributed by atoms with Crippen LogP contribution < -0.4 is 0 Å². The topological polar surface area (TPSA) is 40.5 Å². The Kier molecular flexibility index (Phi) is 7.11. The van der Waals surface area contributed by atoms with Crippen LogP contribution in [0.2, 0.25) is 0 Å². The van der Waals surface area contributed by atoms with E-state index in [-0.39, 0.29) is 18.6 Å². The minimum Gasteiger partial charge on any atom is -0.395 e. The quantitative estimate of drug-likeness (QED) is 0.436. The number of rotatable bonds is 4. The van der Waals surface area contributed by atoms with Crippen molar-refractivity contribution in [2.75, 3.05) is 13.2 Å². The molecular weight excluding hydrogens is 571 g/mol. The van der Waals surface area contributed by atoms with Crippen molar-refractivity contribution in [3.63, 3.8) is 0 Å². The highest BCUT2D eigenvalue weighted by Gasteiger charge is 2.21. The van der Waals surface area contributed by atoms with Gasteiger partial charge in [-0.15, -0.1) is 0 Å². The van der Waals surface area contributed by atoms with Gasteiger partial charge in [0.2, 0.25) is 0 Å². The molecule has 0 bridgehead atoms. The summed E-state index contributed by atoms with van der Waals surface area (Å²) >= 11 is 6.65. The van der Waals surface area contributed by atoms with Gasteiger partial charge in [0.25, 0.3) is 5.91 Å². The van der Waals surface area contributed by atoms with Gasteiger partial charge < -0.3 is 10.0 Å². The first kappa shape index (κ1) is 16.9. The summed E-state index contributed by atoms with van der Waals surface area (Å²) in [5, 5.41) is 9.06. The maximum absolute atomic E-state index is 12.5. The van der Waals surface area contributed by atoms with Gasteiger partial charge in [-0.1, -0.05) is 0 Å². The van der Waals surface area contributed by atoms with Gasteiger partial charge in [0, 0.05) is 23.3 Å². The number of nitrogens with zero attached hydrogens (tertiary/aromatic N) is 1. The summed E-state index contributed by atoms with van der Waals surface area (Å²) in [7, 11) is 0. The molecule has 1 N–H and O–H groups in total. The molecule has 0 saturated heterocycles. The lowest BCUT2D eigenvalue weighted by Gasteiger charge is -2.26. The third-order valence-electron chi connectivity index (χ3n) is 2.45. The molecule has 0 aliphatic rings. The molecule has 0 heterocycles. The number of amides is 1. The molecule has 0 aliphatic carbocycles. The van der Waals surface area contributed by atoms with Crippen LogP contribution in [0.4, 0.5) is 0 Å². The minimum absolute atomic E-state index is 0.0124. The minimum atomic E-state index is -0.0140. The van der Waals surface area contributed by atoms with E-state index in [1.54, 1.807) is 4.90 Å². The van der Waals surface area contributed by atoms with Gasteiger partial charge in [-0.2, -0.15) is 0 Å². The van der Waals surface area contributed by atoms with Gasteiger partial charge in [-0.3, -0.25) is 4.79 Å². The van der Waals surface area contributed by atoms with E-state index in [4.69, 9.17) is 5.11 Å². The molecule has 0 saturated carbocycles. The van der Waals surface area contributed by atoms with E-state index in [9.17, 15) is 4.79 Å². The summed E-state index contributed by atoms with van der Waals surface area (Å²) in [6.45, 7) is 4.27. The Morgan fingerprint density at radius 2 is 1.94 bits per heavy atom. The molecule has 0 unspecified atom stereocenters. The molecule has 0 atom stereocenters. The number of carbonyl (C=O) groups is 1. The maximum Gasteiger partial charge on any atom is 0.255 e. The summed E-state index contributed by atoms with van der Waals surface area (Å²) < 4.78 is 3.10. The zero-order chi connectivity index (χ0) is 13.9. The second kappa shape index (κ2) is 7.58. The molecule has 0 aliphatic heterocycles. The Morgan fingerprint density at radius 1 is 1.33 bits per heavy atom. The Labute approximate surface area is 148 Å². The number of halogens is 3. The van der Waals surface area contributed by atoms with Gasteiger partial charge in [0.1, 0.15) is 0 Å². The first-order chi connectivity index (χ1) is 8.38. The molecule has 0 spiro atoms. The highest BCUT2D eigenvalue weighted by molar-refractivity contribution is 14.1. The zero-order valence-electron chi connectivity index (χ0n) is 10.1. The number of hydrogen-bond donors (Lipinski definition) is 1. The second-order valence-corrected chi connectivity index (χ2v) is 7.55. The maximum atomic E-state index is 12.5. The summed E-state index contributed by atoms with van der Waals surface area (Å²) in [6, 6.07) is 4.03. The molecule has 6 heteroatoms. The average Bonchev–Trinajstić information content (AvgIpc) is 2.29. The molecule has 0 fully saturated rings. The average molecular weight is 585 g/mol. The zero-order valence-corrected chi connectivity index (χ0v) is 16.6. The highest BCUT2D eigenvalue weighted by atomic mass is 127. The lowest BCUT2D eigenvalue weighted by molar-refractivity contribution is 0.0664. The molecule has 1 aromatic carbocycles. The molecule has 0 radical (unpaired) electrons. The van der Waals surface area contributed by atoms with E-state index >= 15 is 0 Å². The van der Waals surface area contributed by atoms with Gasteiger partial charge >= 0.3 is 0 Å². The third kappa shape index (κ3) is 4.17. The van der Waals surface area contributed by atoms with Crippen LogP contribution in [-0.2, 0) is 0 Å². The van der Waals surface area contributed by atoms with Gasteiger partial charge in [0.05, 0.1) is 12.2 Å². The Hall–Kier alpha value is 0.840. The van der Waals surface area contributed by atoms with Crippen molar-refractivity contribution >= 4 is 73.7 Å². The lowest BCUT2D eigenvalue weighted by Crippen LogP contribution is -2.39. The van der Waals surface area contributed by atoms with Crippen LogP contribution in [0, 0.1) is 10.7 Å². The largest absolute Gasteiger partial charge is 0.395 e. The van der Waals surface area contributed by atoms with E-state index in [1.165, 1.54) is 0 Å². The fraction of sp³-hybridized carbons (Fsp3) is 0.417. The molecule has 100 valence electrons. The van der Waals surface area contributed by atoms with Crippen LogP contribution >= 0.6 is 67.8 Å². The fourth-order valence-corrected chi connectivity index (χ4v) is 3.96. The Bertz CT molecular complexity index is 449. The highest BCUT2D eigenvalue weighted by Crippen LogP contribution is 2.24. The van der Waals surface area contributed by atoms with Crippen LogP contribution in [0.15, 0.2) is 12.1 Å². The van der Waals surface area contributed by atoms with E-state index in [1.807, 2.05) is 26.0 Å². The number of aliphatic hydroxyl groups excluding tert-OH is 1. The standard InChI is InChI=1S/C12H14I3NO2/c1-7(2)16(3-4-17)12(18)9-5-8(13)6-10(14)11(9)15/h5-7,17H,3-4H2,1-2H3. The summed E-state index contributed by atoms with van der Waals surface area (Å²) in [5.41, 5.74) is 0.717. The van der Waals surface area contributed by atoms with Crippen LogP contribution in [0.3, 0.4) is 0 Å². The smallest absolute Gasteiger partial charge is 0.255 e. The summed E-state index contributed by atoms with van der Waals surface area (Å²) in [4.78, 5) is 14.2. The number of aliphatic hydroxyl groups is 1. The molecule has 1 amide bonds. The van der Waals surface area contributed by atoms with Gasteiger partial charge in [-0.05, 0) is 93.8 Å². The van der Waals surface area contributed by atoms with Crippen molar-refractivity contribution in [2.45, 2.75) is 19.9 Å². The van der Waals surface area contributed by atoms with E-state index in [0.717, 1.165) is 10.7 Å². The third-order valence-corrected chi connectivity index (χ3v) is 6.12. The Morgan fingerprint density at radius 3 is 2.44 bits per heavy atom. The summed E-state index contributed by atoms with van der Waals surface area (Å²) in [6.07, 6.45) is 0. The van der Waals surface area contributed by atoms with Crippen molar-refractivity contribution < 1.29 is 9.90 Å². The van der Waals surface area contributed by atoms with Crippen LogP contribution in [0.1, 0.15) is 24.2 Å². The molecule has 1 aromatic rings. The number of carbonyl (C=O) groups excluding carboxylic acids is 1. The first-order valence-electron chi connectivity index (χ1n) is 5.44. The predicted octanol–water partition coefficient (Wildman–Crippen LogP) is 3.34. The molecule has 3 nitrogen and oxygen atoms in total. The predicted molar refractivity (Wildman–Crippen MR) is 97.9 cm³/mol. The number of benzene rings is 1. The summed E-state index contributed by atoms with van der Waals surface area (Å²) in [5.74, 6) is -0.0140. The van der Waals surface area contributed by atoms with Crippen LogP contribution in [0.25, 0.3) is 0 Å². The monoisotopic (exact) mass is 585 g/mol. The van der Waals surface area contributed by atoms with Crippen molar-refractivity contribution in [3.8, 4) is 0 Å². The first-order valence-corrected chi connectivity index (χ1v) is 8.68. The molecule has 1 rings (SSSR count). The molecule has 18 heavy (non-hydrogen) atoms. The number of hydrogen-bond acceptors (Lipinski definition) is 2. The van der Waals surface area contributed by atoms with Crippen molar-refractivity contribution in [3.05, 3.63) is 28.4 Å². The van der Waals surface area contributed by atoms with Crippen LogP contribution in [0.5, 0.6) is 0 Å². The second-order valence-electron chi connectivity index (χ2n) is 4.07. The van der Waals surface area contributed by atoms with Crippen molar-refractivity contribution in [1.29, 1.82) is 0 Å². The normalized spacial score (nSPS) is 10.8. The van der Waals surface area contributed by atoms with E-state index in [0.29, 0.717) is 12.1 Å². The van der Waals surface area contributed by atoms with Crippen molar-refractivity contribution in [2.24, 2.45) is 0 Å².